The van der Waals surface area contributed by atoms with Crippen LogP contribution in [0.4, 0.5) is 17.1 Å². The molecule has 96 valence electrons. The third kappa shape index (κ3) is 3.01. The highest BCUT2D eigenvalue weighted by Crippen LogP contribution is 2.25. The van der Waals surface area contributed by atoms with E-state index in [1.54, 1.807) is 0 Å². The monoisotopic (exact) mass is 315 g/mol. The second-order valence-corrected chi connectivity index (χ2v) is 5.45. The van der Waals surface area contributed by atoms with Crippen molar-refractivity contribution in [3.8, 4) is 0 Å². The topological polar surface area (TPSA) is 28.0 Å². The first kappa shape index (κ1) is 12.4. The molecule has 1 fully saturated rings. The van der Waals surface area contributed by atoms with Crippen LogP contribution < -0.4 is 4.90 Å². The summed E-state index contributed by atoms with van der Waals surface area (Å²) in [7, 11) is 0. The third-order valence-electron chi connectivity index (χ3n) is 3.18. The average Bonchev–Trinajstić information content (AvgIpc) is 2.38. The molecule has 0 bridgehead atoms. The molecule has 1 saturated heterocycles. The van der Waals surface area contributed by atoms with E-state index in [0.29, 0.717) is 0 Å². The molecule has 3 rings (SSSR count). The van der Waals surface area contributed by atoms with Crippen molar-refractivity contribution < 1.29 is 0 Å². The van der Waals surface area contributed by atoms with Crippen molar-refractivity contribution in [2.45, 2.75) is 6.42 Å². The largest absolute Gasteiger partial charge is 0.371 e. The van der Waals surface area contributed by atoms with Crippen LogP contribution in [0.5, 0.6) is 0 Å². The summed E-state index contributed by atoms with van der Waals surface area (Å²) in [6.07, 6.45) is 1.30. The molecular formula is C15H14BrN3. The summed E-state index contributed by atoms with van der Waals surface area (Å²) < 4.78 is 1.05. The summed E-state index contributed by atoms with van der Waals surface area (Å²) in [6.45, 7) is 2.33. The van der Waals surface area contributed by atoms with Crippen molar-refractivity contribution >= 4 is 33.0 Å². The minimum absolute atomic E-state index is 0.856. The van der Waals surface area contributed by atoms with Crippen molar-refractivity contribution in [1.29, 1.82) is 0 Å². The zero-order valence-electron chi connectivity index (χ0n) is 10.5. The van der Waals surface area contributed by atoms with Crippen molar-refractivity contribution in [2.75, 3.05) is 18.0 Å². The van der Waals surface area contributed by atoms with Gasteiger partial charge in [0, 0.05) is 23.2 Å². The van der Waals surface area contributed by atoms with Crippen LogP contribution in [0.2, 0.25) is 0 Å². The molecule has 2 aromatic carbocycles. The predicted molar refractivity (Wildman–Crippen MR) is 81.6 cm³/mol. The van der Waals surface area contributed by atoms with E-state index in [2.05, 4.69) is 43.2 Å². The lowest BCUT2D eigenvalue weighted by molar-refractivity contribution is 0.618. The highest BCUT2D eigenvalue weighted by Gasteiger charge is 2.13. The molecule has 1 heterocycles. The van der Waals surface area contributed by atoms with Crippen LogP contribution in [-0.2, 0) is 0 Å². The molecule has 0 aliphatic carbocycles. The van der Waals surface area contributed by atoms with E-state index in [0.717, 1.165) is 15.8 Å². The normalized spacial score (nSPS) is 14.7. The molecule has 1 aliphatic heterocycles. The van der Waals surface area contributed by atoms with Gasteiger partial charge in [-0.15, -0.1) is 0 Å². The predicted octanol–water partition coefficient (Wildman–Crippen LogP) is 5.07. The molecule has 0 spiro atoms. The Balaban J connectivity index is 1.70. The van der Waals surface area contributed by atoms with E-state index in [9.17, 15) is 0 Å². The minimum Gasteiger partial charge on any atom is -0.371 e. The smallest absolute Gasteiger partial charge is 0.0858 e. The second-order valence-electron chi connectivity index (χ2n) is 4.53. The van der Waals surface area contributed by atoms with Gasteiger partial charge in [-0.2, -0.15) is 10.2 Å². The van der Waals surface area contributed by atoms with Crippen LogP contribution in [0, 0.1) is 0 Å². The van der Waals surface area contributed by atoms with E-state index in [1.165, 1.54) is 25.2 Å². The maximum Gasteiger partial charge on any atom is 0.0858 e. The highest BCUT2D eigenvalue weighted by molar-refractivity contribution is 9.10. The maximum atomic E-state index is 4.24. The van der Waals surface area contributed by atoms with Crippen LogP contribution in [0.25, 0.3) is 0 Å². The standard InChI is InChI=1S/C15H14BrN3/c16-12-2-4-13(5-3-12)17-18-14-6-8-15(9-7-14)19-10-1-11-19/h2-9H,1,10-11H2. The van der Waals surface area contributed by atoms with E-state index in [4.69, 9.17) is 0 Å². The van der Waals surface area contributed by atoms with Gasteiger partial charge in [-0.1, -0.05) is 15.9 Å². The summed E-state index contributed by atoms with van der Waals surface area (Å²) in [4.78, 5) is 2.36. The molecule has 3 nitrogen and oxygen atoms in total. The van der Waals surface area contributed by atoms with Gasteiger partial charge in [0.1, 0.15) is 0 Å². The fourth-order valence-electron chi connectivity index (χ4n) is 1.93. The molecule has 0 saturated carbocycles. The summed E-state index contributed by atoms with van der Waals surface area (Å²) in [6, 6.07) is 16.0. The average molecular weight is 316 g/mol. The number of hydrogen-bond acceptors (Lipinski definition) is 3. The van der Waals surface area contributed by atoms with Crippen LogP contribution >= 0.6 is 15.9 Å². The van der Waals surface area contributed by atoms with Gasteiger partial charge in [-0.25, -0.2) is 0 Å². The van der Waals surface area contributed by atoms with Gasteiger partial charge in [-0.3, -0.25) is 0 Å². The molecule has 0 radical (unpaired) electrons. The molecule has 0 N–H and O–H groups in total. The first-order chi connectivity index (χ1) is 9.31. The van der Waals surface area contributed by atoms with Gasteiger partial charge in [0.05, 0.1) is 11.4 Å². The zero-order valence-corrected chi connectivity index (χ0v) is 12.0. The molecule has 0 amide bonds. The lowest BCUT2D eigenvalue weighted by atomic mass is 10.2. The van der Waals surface area contributed by atoms with Gasteiger partial charge in [-0.05, 0) is 55.0 Å². The van der Waals surface area contributed by atoms with E-state index in [1.807, 2.05) is 36.4 Å². The van der Waals surface area contributed by atoms with Gasteiger partial charge in [0.25, 0.3) is 0 Å². The van der Waals surface area contributed by atoms with E-state index < -0.39 is 0 Å². The minimum atomic E-state index is 0.856. The quantitative estimate of drug-likeness (QED) is 0.726. The Morgan fingerprint density at radius 2 is 1.32 bits per heavy atom. The Bertz CT molecular complexity index is 571. The number of azo groups is 1. The number of halogens is 1. The Hall–Kier alpha value is -1.68. The first-order valence-corrected chi connectivity index (χ1v) is 7.13. The molecule has 0 atom stereocenters. The second kappa shape index (κ2) is 5.53. The summed E-state index contributed by atoms with van der Waals surface area (Å²) in [5.74, 6) is 0. The number of nitrogens with zero attached hydrogens (tertiary/aromatic N) is 3. The zero-order chi connectivity index (χ0) is 13.1. The summed E-state index contributed by atoms with van der Waals surface area (Å²) >= 11 is 3.40. The van der Waals surface area contributed by atoms with Crippen LogP contribution in [0.15, 0.2) is 63.2 Å². The SMILES string of the molecule is Brc1ccc(N=Nc2ccc(N3CCC3)cc2)cc1. The van der Waals surface area contributed by atoms with Crippen LogP contribution in [0.1, 0.15) is 6.42 Å². The number of rotatable bonds is 3. The van der Waals surface area contributed by atoms with Crippen molar-refractivity contribution in [2.24, 2.45) is 10.2 Å². The van der Waals surface area contributed by atoms with E-state index in [-0.39, 0.29) is 0 Å². The van der Waals surface area contributed by atoms with Crippen LogP contribution in [0.3, 0.4) is 0 Å². The van der Waals surface area contributed by atoms with Crippen molar-refractivity contribution in [3.63, 3.8) is 0 Å². The third-order valence-corrected chi connectivity index (χ3v) is 3.71. The summed E-state index contributed by atoms with van der Waals surface area (Å²) in [5.41, 5.74) is 3.01. The Morgan fingerprint density at radius 1 is 0.789 bits per heavy atom. The molecule has 0 unspecified atom stereocenters. The maximum absolute atomic E-state index is 4.24. The lowest BCUT2D eigenvalue weighted by Crippen LogP contribution is -2.36. The molecular weight excluding hydrogens is 302 g/mol. The lowest BCUT2D eigenvalue weighted by Gasteiger charge is -2.33. The molecule has 1 aliphatic rings. The van der Waals surface area contributed by atoms with Gasteiger partial charge in [0.15, 0.2) is 0 Å². The fraction of sp³-hybridized carbons (Fsp3) is 0.200. The van der Waals surface area contributed by atoms with Crippen molar-refractivity contribution in [3.05, 3.63) is 53.0 Å². The molecule has 19 heavy (non-hydrogen) atoms. The number of anilines is 1. The van der Waals surface area contributed by atoms with Gasteiger partial charge < -0.3 is 4.90 Å². The van der Waals surface area contributed by atoms with Gasteiger partial charge >= 0.3 is 0 Å². The Kier molecular flexibility index (Phi) is 3.60. The molecule has 0 aromatic heterocycles. The fourth-order valence-corrected chi connectivity index (χ4v) is 2.19. The number of hydrogen-bond donors (Lipinski definition) is 0. The molecule has 2 aromatic rings. The number of benzene rings is 2. The summed E-state index contributed by atoms with van der Waals surface area (Å²) in [5, 5.41) is 8.46. The van der Waals surface area contributed by atoms with Crippen LogP contribution in [-0.4, -0.2) is 13.1 Å². The Labute approximate surface area is 121 Å². The van der Waals surface area contributed by atoms with E-state index >= 15 is 0 Å². The molecule has 4 heteroatoms. The Morgan fingerprint density at radius 3 is 1.79 bits per heavy atom. The van der Waals surface area contributed by atoms with Crippen molar-refractivity contribution in [1.82, 2.24) is 0 Å². The highest BCUT2D eigenvalue weighted by atomic mass is 79.9. The van der Waals surface area contributed by atoms with Gasteiger partial charge in [0.2, 0.25) is 0 Å². The first-order valence-electron chi connectivity index (χ1n) is 6.33.